The first-order chi connectivity index (χ1) is 17.2. The molecule has 10 nitrogen and oxygen atoms in total. The Kier molecular flexibility index (Phi) is 7.41. The number of carbonyl (C=O) groups is 2. The Morgan fingerprint density at radius 3 is 2.80 bits per heavy atom. The monoisotopic (exact) mass is 494 g/mol. The van der Waals surface area contributed by atoms with Gasteiger partial charge in [-0.15, -0.1) is 10.2 Å². The molecule has 0 unspecified atom stereocenters. The number of nitrogens with zero attached hydrogens (tertiary/aromatic N) is 7. The van der Waals surface area contributed by atoms with E-state index in [1.165, 1.54) is 24.6 Å². The average molecular weight is 495 g/mol. The zero-order valence-corrected chi connectivity index (χ0v) is 20.5. The number of hydrogen-bond donors (Lipinski definition) is 1. The predicted octanol–water partition coefficient (Wildman–Crippen LogP) is 3.61. The highest BCUT2D eigenvalue weighted by Crippen LogP contribution is 2.31. The molecule has 11 heteroatoms. The van der Waals surface area contributed by atoms with Gasteiger partial charge in [0.2, 0.25) is 11.8 Å². The molecule has 0 aromatic carbocycles. The van der Waals surface area contributed by atoms with Crippen molar-refractivity contribution in [2.75, 3.05) is 17.6 Å². The maximum Gasteiger partial charge on any atom is 0.235 e. The number of pyridine rings is 1. The molecule has 1 aliphatic heterocycles. The topological polar surface area (TPSA) is 111 Å². The second-order valence-corrected chi connectivity index (χ2v) is 9.95. The van der Waals surface area contributed by atoms with Crippen LogP contribution in [0.4, 0.5) is 5.82 Å². The molecule has 2 amide bonds. The molecule has 3 aromatic rings. The lowest BCUT2D eigenvalue weighted by Gasteiger charge is -2.20. The molecule has 0 atom stereocenters. The van der Waals surface area contributed by atoms with Crippen molar-refractivity contribution in [3.05, 3.63) is 42.6 Å². The maximum atomic E-state index is 12.8. The summed E-state index contributed by atoms with van der Waals surface area (Å²) < 4.78 is 3.83. The van der Waals surface area contributed by atoms with E-state index in [0.717, 1.165) is 50.2 Å². The Labute approximate surface area is 208 Å². The van der Waals surface area contributed by atoms with Crippen molar-refractivity contribution in [3.8, 4) is 5.69 Å². The Bertz CT molecular complexity index is 1160. The van der Waals surface area contributed by atoms with Crippen LogP contribution >= 0.6 is 11.8 Å². The Morgan fingerprint density at radius 1 is 1.09 bits per heavy atom. The Hall–Kier alpha value is -3.21. The zero-order chi connectivity index (χ0) is 24.0. The quantitative estimate of drug-likeness (QED) is 0.476. The second-order valence-electron chi connectivity index (χ2n) is 9.01. The summed E-state index contributed by atoms with van der Waals surface area (Å²) in [7, 11) is 0. The molecule has 2 fully saturated rings. The summed E-state index contributed by atoms with van der Waals surface area (Å²) in [6.07, 6.45) is 13.3. The van der Waals surface area contributed by atoms with Gasteiger partial charge in [0.15, 0.2) is 11.0 Å². The Balaban J connectivity index is 1.30. The molecule has 1 aliphatic carbocycles. The summed E-state index contributed by atoms with van der Waals surface area (Å²) in [6.45, 7) is 1.10. The summed E-state index contributed by atoms with van der Waals surface area (Å²) in [4.78, 5) is 31.5. The molecule has 0 radical (unpaired) electrons. The first kappa shape index (κ1) is 23.5. The third kappa shape index (κ3) is 5.55. The molecule has 1 saturated carbocycles. The minimum Gasteiger partial charge on any atom is -0.335 e. The summed E-state index contributed by atoms with van der Waals surface area (Å²) in [5.41, 5.74) is 0.803. The number of rotatable bonds is 8. The number of hydrogen-bond acceptors (Lipinski definition) is 7. The van der Waals surface area contributed by atoms with Crippen molar-refractivity contribution in [2.24, 2.45) is 0 Å². The van der Waals surface area contributed by atoms with E-state index in [1.807, 2.05) is 32.3 Å². The molecule has 5 rings (SSSR count). The molecule has 1 N–H and O–H groups in total. The highest BCUT2D eigenvalue weighted by Gasteiger charge is 2.23. The molecule has 1 saturated heterocycles. The van der Waals surface area contributed by atoms with Crippen LogP contribution < -0.4 is 5.32 Å². The van der Waals surface area contributed by atoms with Gasteiger partial charge in [-0.05, 0) is 37.8 Å². The fourth-order valence-electron chi connectivity index (χ4n) is 4.78. The number of amides is 2. The lowest BCUT2D eigenvalue weighted by atomic mass is 10.2. The third-order valence-corrected chi connectivity index (χ3v) is 7.48. The van der Waals surface area contributed by atoms with Crippen molar-refractivity contribution < 1.29 is 9.59 Å². The van der Waals surface area contributed by atoms with Gasteiger partial charge in [0.25, 0.3) is 0 Å². The third-order valence-electron chi connectivity index (χ3n) is 6.55. The molecule has 2 aliphatic rings. The van der Waals surface area contributed by atoms with Crippen LogP contribution in [0, 0.1) is 0 Å². The van der Waals surface area contributed by atoms with E-state index in [4.69, 9.17) is 0 Å². The van der Waals surface area contributed by atoms with E-state index >= 15 is 0 Å². The van der Waals surface area contributed by atoms with Crippen molar-refractivity contribution in [1.82, 2.24) is 34.4 Å². The Morgan fingerprint density at radius 2 is 1.97 bits per heavy atom. The molecule has 184 valence electrons. The molecule has 0 spiro atoms. The first-order valence-corrected chi connectivity index (χ1v) is 13.3. The van der Waals surface area contributed by atoms with Crippen LogP contribution in [0.15, 0.2) is 41.9 Å². The normalized spacial score (nSPS) is 17.0. The van der Waals surface area contributed by atoms with Crippen molar-refractivity contribution in [1.29, 1.82) is 0 Å². The molecule has 35 heavy (non-hydrogen) atoms. The van der Waals surface area contributed by atoms with Crippen LogP contribution in [0.2, 0.25) is 0 Å². The number of aromatic nitrogens is 6. The van der Waals surface area contributed by atoms with E-state index in [9.17, 15) is 9.59 Å². The van der Waals surface area contributed by atoms with Crippen LogP contribution in [-0.2, 0) is 16.1 Å². The van der Waals surface area contributed by atoms with Gasteiger partial charge >= 0.3 is 0 Å². The number of thioether (sulfide) groups is 1. The van der Waals surface area contributed by atoms with Gasteiger partial charge < -0.3 is 10.2 Å². The molecule has 3 aromatic heterocycles. The largest absolute Gasteiger partial charge is 0.335 e. The zero-order valence-electron chi connectivity index (χ0n) is 19.7. The van der Waals surface area contributed by atoms with Gasteiger partial charge in [0.05, 0.1) is 36.4 Å². The molecule has 0 bridgehead atoms. The molecule has 4 heterocycles. The van der Waals surface area contributed by atoms with Crippen LogP contribution in [-0.4, -0.2) is 58.5 Å². The van der Waals surface area contributed by atoms with Crippen LogP contribution in [0.25, 0.3) is 5.69 Å². The minimum atomic E-state index is -0.125. The lowest BCUT2D eigenvalue weighted by Crippen LogP contribution is -2.31. The second kappa shape index (κ2) is 11.0. The maximum absolute atomic E-state index is 12.8. The van der Waals surface area contributed by atoms with Gasteiger partial charge in [0.1, 0.15) is 5.82 Å². The summed E-state index contributed by atoms with van der Waals surface area (Å²) in [6, 6.07) is 5.97. The highest BCUT2D eigenvalue weighted by molar-refractivity contribution is 7.99. The highest BCUT2D eigenvalue weighted by atomic mass is 32.2. The minimum absolute atomic E-state index is 0.125. The van der Waals surface area contributed by atoms with E-state index in [-0.39, 0.29) is 17.6 Å². The van der Waals surface area contributed by atoms with Crippen LogP contribution in [0.3, 0.4) is 0 Å². The number of nitrogens with one attached hydrogen (secondary N) is 1. The fourth-order valence-corrected chi connectivity index (χ4v) is 5.55. The van der Waals surface area contributed by atoms with E-state index in [1.54, 1.807) is 18.6 Å². The van der Waals surface area contributed by atoms with Crippen LogP contribution in [0.5, 0.6) is 0 Å². The van der Waals surface area contributed by atoms with E-state index in [0.29, 0.717) is 30.0 Å². The van der Waals surface area contributed by atoms with Gasteiger partial charge in [-0.3, -0.25) is 19.1 Å². The van der Waals surface area contributed by atoms with Gasteiger partial charge in [-0.1, -0.05) is 31.0 Å². The predicted molar refractivity (Wildman–Crippen MR) is 132 cm³/mol. The standard InChI is InChI=1S/C24H30N8O2S/c33-22(27-20-11-13-26-32(20)18-7-3-4-8-18)17-35-24-29-28-21(31(24)19-9-6-12-25-15-19)16-30-14-5-1-2-10-23(30)34/h6,9,11-13,15,18H,1-5,7-8,10,14,16-17H2,(H,27,33). The van der Waals surface area contributed by atoms with Crippen molar-refractivity contribution in [2.45, 2.75) is 69.1 Å². The van der Waals surface area contributed by atoms with E-state index in [2.05, 4.69) is 25.6 Å². The lowest BCUT2D eigenvalue weighted by molar-refractivity contribution is -0.131. The summed E-state index contributed by atoms with van der Waals surface area (Å²) in [5, 5.41) is 16.8. The number of carbonyl (C=O) groups excluding carboxylic acids is 2. The average Bonchev–Trinajstić information content (AvgIpc) is 3.61. The van der Waals surface area contributed by atoms with Gasteiger partial charge in [0, 0.05) is 25.2 Å². The smallest absolute Gasteiger partial charge is 0.235 e. The number of anilines is 1. The first-order valence-electron chi connectivity index (χ1n) is 12.3. The fraction of sp³-hybridized carbons (Fsp3) is 0.500. The van der Waals surface area contributed by atoms with Crippen molar-refractivity contribution >= 4 is 29.4 Å². The molecular formula is C24H30N8O2S. The van der Waals surface area contributed by atoms with E-state index < -0.39 is 0 Å². The number of likely N-dealkylation sites (tertiary alicyclic amines) is 1. The summed E-state index contributed by atoms with van der Waals surface area (Å²) in [5.74, 6) is 1.60. The summed E-state index contributed by atoms with van der Waals surface area (Å²) >= 11 is 1.31. The van der Waals surface area contributed by atoms with Gasteiger partial charge in [-0.2, -0.15) is 5.10 Å². The van der Waals surface area contributed by atoms with Crippen molar-refractivity contribution in [3.63, 3.8) is 0 Å². The van der Waals surface area contributed by atoms with Gasteiger partial charge in [-0.25, -0.2) is 4.68 Å². The molecular weight excluding hydrogens is 464 g/mol. The van der Waals surface area contributed by atoms with Crippen LogP contribution in [0.1, 0.15) is 63.2 Å². The SMILES string of the molecule is O=C(CSc1nnc(CN2CCCCCC2=O)n1-c1cccnc1)Nc1ccnn1C1CCCC1.